The first-order valence-corrected chi connectivity index (χ1v) is 8.72. The number of aromatic amines is 1. The summed E-state index contributed by atoms with van der Waals surface area (Å²) in [7, 11) is 0. The van der Waals surface area contributed by atoms with E-state index in [1.165, 1.54) is 16.5 Å². The third-order valence-corrected chi connectivity index (χ3v) is 4.70. The molecule has 1 heterocycles. The number of hydrogen-bond acceptors (Lipinski definition) is 2. The van der Waals surface area contributed by atoms with E-state index in [0.29, 0.717) is 6.54 Å². The lowest BCUT2D eigenvalue weighted by molar-refractivity contribution is -0.123. The van der Waals surface area contributed by atoms with Crippen LogP contribution in [-0.2, 0) is 4.79 Å². The zero-order valence-corrected chi connectivity index (χ0v) is 14.7. The van der Waals surface area contributed by atoms with Gasteiger partial charge in [-0.25, -0.2) is 0 Å². The van der Waals surface area contributed by atoms with Gasteiger partial charge in [0.25, 0.3) is 0 Å². The quantitative estimate of drug-likeness (QED) is 0.646. The Morgan fingerprint density at radius 2 is 1.76 bits per heavy atom. The van der Waals surface area contributed by atoms with Crippen LogP contribution in [0.15, 0.2) is 60.8 Å². The Morgan fingerprint density at radius 3 is 2.48 bits per heavy atom. The largest absolute Gasteiger partial charge is 0.361 e. The van der Waals surface area contributed by atoms with Crippen molar-refractivity contribution in [2.24, 2.45) is 11.7 Å². The van der Waals surface area contributed by atoms with Crippen LogP contribution in [-0.4, -0.2) is 23.5 Å². The van der Waals surface area contributed by atoms with Crippen LogP contribution in [0, 0.1) is 5.92 Å². The van der Waals surface area contributed by atoms with Gasteiger partial charge in [-0.2, -0.15) is 0 Å². The molecule has 130 valence electrons. The summed E-state index contributed by atoms with van der Waals surface area (Å²) in [6.07, 6.45) is 2.04. The highest BCUT2D eigenvalue weighted by atomic mass is 16.2. The molecule has 3 rings (SSSR count). The van der Waals surface area contributed by atoms with Crippen molar-refractivity contribution in [1.29, 1.82) is 0 Å². The number of hydrogen-bond donors (Lipinski definition) is 3. The molecule has 1 amide bonds. The van der Waals surface area contributed by atoms with Gasteiger partial charge in [0.15, 0.2) is 0 Å². The van der Waals surface area contributed by atoms with Gasteiger partial charge in [-0.1, -0.05) is 62.4 Å². The molecule has 2 aromatic carbocycles. The van der Waals surface area contributed by atoms with E-state index in [0.717, 1.165) is 5.52 Å². The maximum atomic E-state index is 12.3. The van der Waals surface area contributed by atoms with Crippen molar-refractivity contribution >= 4 is 16.8 Å². The first kappa shape index (κ1) is 17.2. The van der Waals surface area contributed by atoms with Gasteiger partial charge >= 0.3 is 0 Å². The second-order valence-corrected chi connectivity index (χ2v) is 6.77. The van der Waals surface area contributed by atoms with Crippen LogP contribution >= 0.6 is 0 Å². The molecular formula is C21H25N3O. The molecule has 2 atom stereocenters. The third-order valence-electron chi connectivity index (χ3n) is 4.70. The molecule has 0 aliphatic heterocycles. The van der Waals surface area contributed by atoms with E-state index in [4.69, 9.17) is 5.73 Å². The fraction of sp³-hybridized carbons (Fsp3) is 0.286. The van der Waals surface area contributed by atoms with Crippen molar-refractivity contribution < 1.29 is 4.79 Å². The predicted molar refractivity (Wildman–Crippen MR) is 102 cm³/mol. The van der Waals surface area contributed by atoms with Crippen molar-refractivity contribution in [2.45, 2.75) is 25.8 Å². The highest BCUT2D eigenvalue weighted by Gasteiger charge is 2.22. The highest BCUT2D eigenvalue weighted by Crippen LogP contribution is 2.30. The number of fused-ring (bicyclic) bond motifs is 1. The summed E-state index contributed by atoms with van der Waals surface area (Å²) < 4.78 is 0. The molecule has 0 saturated heterocycles. The lowest BCUT2D eigenvalue weighted by atomic mass is 9.90. The Hall–Kier alpha value is -2.59. The zero-order chi connectivity index (χ0) is 17.8. The fourth-order valence-corrected chi connectivity index (χ4v) is 3.10. The maximum Gasteiger partial charge on any atom is 0.237 e. The van der Waals surface area contributed by atoms with Crippen molar-refractivity contribution in [1.82, 2.24) is 10.3 Å². The van der Waals surface area contributed by atoms with E-state index in [9.17, 15) is 4.79 Å². The molecule has 3 aromatic rings. The fourth-order valence-electron chi connectivity index (χ4n) is 3.10. The highest BCUT2D eigenvalue weighted by molar-refractivity contribution is 5.85. The lowest BCUT2D eigenvalue weighted by Gasteiger charge is -2.21. The van der Waals surface area contributed by atoms with Gasteiger partial charge in [0, 0.05) is 29.6 Å². The summed E-state index contributed by atoms with van der Waals surface area (Å²) in [5.41, 5.74) is 9.43. The molecular weight excluding hydrogens is 310 g/mol. The van der Waals surface area contributed by atoms with Crippen molar-refractivity contribution in [3.05, 3.63) is 71.9 Å². The zero-order valence-electron chi connectivity index (χ0n) is 14.7. The first-order valence-electron chi connectivity index (χ1n) is 8.72. The molecule has 0 spiro atoms. The molecule has 4 N–H and O–H groups in total. The van der Waals surface area contributed by atoms with Crippen LogP contribution < -0.4 is 11.1 Å². The minimum atomic E-state index is -0.487. The number of nitrogens with two attached hydrogens (primary N) is 1. The topological polar surface area (TPSA) is 70.9 Å². The van der Waals surface area contributed by atoms with E-state index >= 15 is 0 Å². The monoisotopic (exact) mass is 335 g/mol. The average molecular weight is 335 g/mol. The summed E-state index contributed by atoms with van der Waals surface area (Å²) >= 11 is 0. The average Bonchev–Trinajstić information content (AvgIpc) is 3.06. The van der Waals surface area contributed by atoms with Gasteiger partial charge in [0.05, 0.1) is 6.04 Å². The standard InChI is InChI=1S/C21H25N3O/c1-14(2)20(22)21(25)24-12-17(15-8-4-3-5-9-15)18-13-23-19-11-7-6-10-16(18)19/h3-11,13-14,17,20,23H,12,22H2,1-2H3,(H,24,25)/t17?,20-/m0/s1. The number of aromatic nitrogens is 1. The lowest BCUT2D eigenvalue weighted by Crippen LogP contribution is -2.45. The van der Waals surface area contributed by atoms with Gasteiger partial charge in [-0.15, -0.1) is 0 Å². The Kier molecular flexibility index (Phi) is 5.19. The molecule has 0 bridgehead atoms. The van der Waals surface area contributed by atoms with Crippen LogP contribution in [0.4, 0.5) is 0 Å². The van der Waals surface area contributed by atoms with Gasteiger partial charge in [0.2, 0.25) is 5.91 Å². The van der Waals surface area contributed by atoms with Crippen LogP contribution in [0.2, 0.25) is 0 Å². The Labute approximate surface area is 148 Å². The molecule has 4 heteroatoms. The Bertz CT molecular complexity index is 838. The van der Waals surface area contributed by atoms with Crippen LogP contribution in [0.1, 0.15) is 30.9 Å². The van der Waals surface area contributed by atoms with E-state index < -0.39 is 6.04 Å². The first-order chi connectivity index (χ1) is 12.1. The second-order valence-electron chi connectivity index (χ2n) is 6.77. The van der Waals surface area contributed by atoms with Crippen LogP contribution in [0.3, 0.4) is 0 Å². The predicted octanol–water partition coefficient (Wildman–Crippen LogP) is 3.40. The molecule has 0 saturated carbocycles. The number of nitrogens with one attached hydrogen (secondary N) is 2. The van der Waals surface area contributed by atoms with E-state index in [1.807, 2.05) is 50.4 Å². The van der Waals surface area contributed by atoms with Crippen molar-refractivity contribution in [3.63, 3.8) is 0 Å². The number of amides is 1. The summed E-state index contributed by atoms with van der Waals surface area (Å²) in [5.74, 6) is 0.0831. The number of benzene rings is 2. The van der Waals surface area contributed by atoms with Crippen LogP contribution in [0.5, 0.6) is 0 Å². The van der Waals surface area contributed by atoms with Crippen molar-refractivity contribution in [3.8, 4) is 0 Å². The molecule has 1 aromatic heterocycles. The molecule has 1 unspecified atom stereocenters. The molecule has 4 nitrogen and oxygen atoms in total. The molecule has 0 aliphatic carbocycles. The summed E-state index contributed by atoms with van der Waals surface area (Å²) in [6.45, 7) is 4.43. The van der Waals surface area contributed by atoms with Gasteiger partial charge in [-0.3, -0.25) is 4.79 Å². The number of carbonyl (C=O) groups is 1. The minimum Gasteiger partial charge on any atom is -0.361 e. The number of para-hydroxylation sites is 1. The second kappa shape index (κ2) is 7.53. The third kappa shape index (κ3) is 3.74. The molecule has 0 aliphatic rings. The summed E-state index contributed by atoms with van der Waals surface area (Å²) in [5, 5.41) is 4.22. The van der Waals surface area contributed by atoms with Gasteiger partial charge in [-0.05, 0) is 23.1 Å². The number of rotatable bonds is 6. The Morgan fingerprint density at radius 1 is 1.08 bits per heavy atom. The van der Waals surface area contributed by atoms with E-state index in [1.54, 1.807) is 0 Å². The van der Waals surface area contributed by atoms with E-state index in [-0.39, 0.29) is 17.7 Å². The normalized spacial score (nSPS) is 13.8. The van der Waals surface area contributed by atoms with Gasteiger partial charge < -0.3 is 16.0 Å². The summed E-state index contributed by atoms with van der Waals surface area (Å²) in [6, 6.07) is 18.0. The Balaban J connectivity index is 1.90. The van der Waals surface area contributed by atoms with Gasteiger partial charge in [0.1, 0.15) is 0 Å². The number of H-pyrrole nitrogens is 1. The van der Waals surface area contributed by atoms with Crippen LogP contribution in [0.25, 0.3) is 10.9 Å². The van der Waals surface area contributed by atoms with Crippen molar-refractivity contribution in [2.75, 3.05) is 6.54 Å². The number of carbonyl (C=O) groups excluding carboxylic acids is 1. The van der Waals surface area contributed by atoms with E-state index in [2.05, 4.69) is 34.6 Å². The SMILES string of the molecule is CC(C)[C@H](N)C(=O)NCC(c1ccccc1)c1c[nH]c2ccccc12. The molecule has 0 fully saturated rings. The smallest absolute Gasteiger partial charge is 0.237 e. The molecule has 0 radical (unpaired) electrons. The molecule has 25 heavy (non-hydrogen) atoms. The maximum absolute atomic E-state index is 12.3. The summed E-state index contributed by atoms with van der Waals surface area (Å²) in [4.78, 5) is 15.6. The minimum absolute atomic E-state index is 0.0701.